The standard InChI is InChI=1S/C7H10N2.ClH/c1-2-4-7-6(3-1)8-5-9-7;/h5H,1-4H2,(H,8,9);1H. The van der Waals surface area contributed by atoms with Crippen molar-refractivity contribution in [3.05, 3.63) is 17.7 Å². The van der Waals surface area contributed by atoms with Gasteiger partial charge in [0.25, 0.3) is 0 Å². The number of imidazole rings is 1. The lowest BCUT2D eigenvalue weighted by molar-refractivity contribution is 0.667. The van der Waals surface area contributed by atoms with E-state index in [1.807, 2.05) is 0 Å². The predicted molar refractivity (Wildman–Crippen MR) is 42.5 cm³/mol. The summed E-state index contributed by atoms with van der Waals surface area (Å²) in [4.78, 5) is 7.35. The number of nitrogens with zero attached hydrogens (tertiary/aromatic N) is 1. The van der Waals surface area contributed by atoms with Gasteiger partial charge >= 0.3 is 0 Å². The summed E-state index contributed by atoms with van der Waals surface area (Å²) in [5.74, 6) is 0. The number of aryl methyl sites for hydroxylation is 2. The van der Waals surface area contributed by atoms with E-state index in [0.717, 1.165) is 0 Å². The lowest BCUT2D eigenvalue weighted by Gasteiger charge is -2.07. The lowest BCUT2D eigenvalue weighted by Crippen LogP contribution is -2.00. The van der Waals surface area contributed by atoms with Crippen LogP contribution in [0.15, 0.2) is 6.33 Å². The van der Waals surface area contributed by atoms with Gasteiger partial charge in [0.15, 0.2) is 0 Å². The van der Waals surface area contributed by atoms with Gasteiger partial charge in [-0.2, -0.15) is 0 Å². The molecule has 56 valence electrons. The second-order valence-electron chi connectivity index (χ2n) is 2.53. The molecule has 0 fully saturated rings. The average molecular weight is 159 g/mol. The van der Waals surface area contributed by atoms with E-state index in [1.54, 1.807) is 6.33 Å². The zero-order valence-corrected chi connectivity index (χ0v) is 6.58. The molecule has 1 N–H and O–H groups in total. The molecule has 1 heterocycles. The fourth-order valence-corrected chi connectivity index (χ4v) is 1.38. The van der Waals surface area contributed by atoms with Gasteiger partial charge in [-0.15, -0.1) is 12.4 Å². The molecule has 1 aromatic heterocycles. The van der Waals surface area contributed by atoms with Crippen LogP contribution < -0.4 is 0 Å². The number of halogens is 1. The SMILES string of the molecule is Cl.c1nc2c([nH]1)CCCC2. The highest BCUT2D eigenvalue weighted by atomic mass is 35.5. The van der Waals surface area contributed by atoms with Crippen molar-refractivity contribution < 1.29 is 0 Å². The minimum Gasteiger partial charge on any atom is -0.348 e. The maximum atomic E-state index is 4.20. The summed E-state index contributed by atoms with van der Waals surface area (Å²) in [6, 6.07) is 0. The first-order chi connectivity index (χ1) is 4.47. The fraction of sp³-hybridized carbons (Fsp3) is 0.571. The van der Waals surface area contributed by atoms with E-state index in [1.165, 1.54) is 37.1 Å². The number of aromatic nitrogens is 2. The Labute approximate surface area is 66.5 Å². The summed E-state index contributed by atoms with van der Waals surface area (Å²) in [6.45, 7) is 0. The normalized spacial score (nSPS) is 15.6. The molecule has 0 saturated heterocycles. The molecule has 1 aliphatic rings. The quantitative estimate of drug-likeness (QED) is 0.612. The predicted octanol–water partition coefficient (Wildman–Crippen LogP) is 1.71. The van der Waals surface area contributed by atoms with Crippen molar-refractivity contribution in [1.82, 2.24) is 9.97 Å². The second kappa shape index (κ2) is 3.06. The first-order valence-corrected chi connectivity index (χ1v) is 3.48. The van der Waals surface area contributed by atoms with Gasteiger partial charge < -0.3 is 4.98 Å². The topological polar surface area (TPSA) is 28.7 Å². The van der Waals surface area contributed by atoms with Crippen LogP contribution in [0.25, 0.3) is 0 Å². The summed E-state index contributed by atoms with van der Waals surface area (Å²) in [7, 11) is 0. The van der Waals surface area contributed by atoms with Crippen LogP contribution in [0.5, 0.6) is 0 Å². The van der Waals surface area contributed by atoms with E-state index in [-0.39, 0.29) is 12.4 Å². The third-order valence-electron chi connectivity index (χ3n) is 1.90. The Morgan fingerprint density at radius 3 is 2.90 bits per heavy atom. The molecule has 0 amide bonds. The third-order valence-corrected chi connectivity index (χ3v) is 1.90. The van der Waals surface area contributed by atoms with Gasteiger partial charge in [-0.05, 0) is 25.7 Å². The molecule has 0 atom stereocenters. The molecule has 1 aliphatic carbocycles. The molecule has 0 unspecified atom stereocenters. The van der Waals surface area contributed by atoms with Gasteiger partial charge in [0, 0.05) is 5.69 Å². The minimum absolute atomic E-state index is 0. The van der Waals surface area contributed by atoms with Crippen LogP contribution in [-0.4, -0.2) is 9.97 Å². The second-order valence-corrected chi connectivity index (χ2v) is 2.53. The largest absolute Gasteiger partial charge is 0.348 e. The van der Waals surface area contributed by atoms with Crippen molar-refractivity contribution in [2.45, 2.75) is 25.7 Å². The van der Waals surface area contributed by atoms with Crippen molar-refractivity contribution in [1.29, 1.82) is 0 Å². The Balaban J connectivity index is 0.000000500. The molecule has 2 nitrogen and oxygen atoms in total. The Bertz CT molecular complexity index is 187. The molecule has 0 bridgehead atoms. The molecular formula is C7H11ClN2. The smallest absolute Gasteiger partial charge is 0.0925 e. The highest BCUT2D eigenvalue weighted by Crippen LogP contribution is 2.16. The average Bonchev–Trinajstić information content (AvgIpc) is 2.33. The summed E-state index contributed by atoms with van der Waals surface area (Å²) >= 11 is 0. The maximum Gasteiger partial charge on any atom is 0.0925 e. The molecule has 0 aliphatic heterocycles. The van der Waals surface area contributed by atoms with E-state index in [9.17, 15) is 0 Å². The first-order valence-electron chi connectivity index (χ1n) is 3.48. The van der Waals surface area contributed by atoms with Gasteiger partial charge in [-0.3, -0.25) is 0 Å². The molecule has 3 heteroatoms. The molecule has 0 saturated carbocycles. The van der Waals surface area contributed by atoms with E-state index in [0.29, 0.717) is 0 Å². The third kappa shape index (κ3) is 1.16. The van der Waals surface area contributed by atoms with Crippen LogP contribution in [0.2, 0.25) is 0 Å². The molecule has 10 heavy (non-hydrogen) atoms. The van der Waals surface area contributed by atoms with E-state index < -0.39 is 0 Å². The number of H-pyrrole nitrogens is 1. The Hall–Kier alpha value is -0.500. The van der Waals surface area contributed by atoms with Crippen molar-refractivity contribution in [2.24, 2.45) is 0 Å². The number of nitrogens with one attached hydrogen (secondary N) is 1. The molecular weight excluding hydrogens is 148 g/mol. The Morgan fingerprint density at radius 2 is 2.10 bits per heavy atom. The van der Waals surface area contributed by atoms with E-state index >= 15 is 0 Å². The van der Waals surface area contributed by atoms with Crippen LogP contribution in [-0.2, 0) is 12.8 Å². The van der Waals surface area contributed by atoms with Gasteiger partial charge in [0.1, 0.15) is 0 Å². The number of rotatable bonds is 0. The number of fused-ring (bicyclic) bond motifs is 1. The highest BCUT2D eigenvalue weighted by Gasteiger charge is 2.09. The fourth-order valence-electron chi connectivity index (χ4n) is 1.38. The summed E-state index contributed by atoms with van der Waals surface area (Å²) in [6.07, 6.45) is 6.83. The van der Waals surface area contributed by atoms with Crippen molar-refractivity contribution in [3.63, 3.8) is 0 Å². The summed E-state index contributed by atoms with van der Waals surface area (Å²) in [5.41, 5.74) is 2.66. The van der Waals surface area contributed by atoms with E-state index in [4.69, 9.17) is 0 Å². The Kier molecular flexibility index (Phi) is 2.33. The Morgan fingerprint density at radius 1 is 1.30 bits per heavy atom. The van der Waals surface area contributed by atoms with Gasteiger partial charge in [-0.1, -0.05) is 0 Å². The van der Waals surface area contributed by atoms with Gasteiger partial charge in [-0.25, -0.2) is 4.98 Å². The molecule has 0 spiro atoms. The highest BCUT2D eigenvalue weighted by molar-refractivity contribution is 5.85. The maximum absolute atomic E-state index is 4.20. The molecule has 2 rings (SSSR count). The molecule has 0 radical (unpaired) electrons. The minimum atomic E-state index is 0. The summed E-state index contributed by atoms with van der Waals surface area (Å²) in [5, 5.41) is 0. The zero-order valence-electron chi connectivity index (χ0n) is 5.76. The van der Waals surface area contributed by atoms with Gasteiger partial charge in [0.05, 0.1) is 12.0 Å². The molecule has 1 aromatic rings. The van der Waals surface area contributed by atoms with Gasteiger partial charge in [0.2, 0.25) is 0 Å². The molecule has 0 aromatic carbocycles. The van der Waals surface area contributed by atoms with Crippen LogP contribution in [0.1, 0.15) is 24.2 Å². The van der Waals surface area contributed by atoms with Crippen LogP contribution >= 0.6 is 12.4 Å². The zero-order chi connectivity index (χ0) is 6.10. The van der Waals surface area contributed by atoms with Crippen LogP contribution in [0.3, 0.4) is 0 Å². The number of aromatic amines is 1. The van der Waals surface area contributed by atoms with E-state index in [2.05, 4.69) is 9.97 Å². The monoisotopic (exact) mass is 158 g/mol. The van der Waals surface area contributed by atoms with Crippen molar-refractivity contribution in [2.75, 3.05) is 0 Å². The summed E-state index contributed by atoms with van der Waals surface area (Å²) < 4.78 is 0. The first kappa shape index (κ1) is 7.61. The number of hydrogen-bond donors (Lipinski definition) is 1. The number of hydrogen-bond acceptors (Lipinski definition) is 1. The van der Waals surface area contributed by atoms with Crippen LogP contribution in [0.4, 0.5) is 0 Å². The van der Waals surface area contributed by atoms with Crippen LogP contribution in [0, 0.1) is 0 Å². The van der Waals surface area contributed by atoms with Crippen molar-refractivity contribution in [3.8, 4) is 0 Å². The van der Waals surface area contributed by atoms with Crippen molar-refractivity contribution >= 4 is 12.4 Å². The lowest BCUT2D eigenvalue weighted by atomic mass is 10.0.